The lowest BCUT2D eigenvalue weighted by Crippen LogP contribution is -2.01. The summed E-state index contributed by atoms with van der Waals surface area (Å²) in [7, 11) is 0. The molecule has 0 atom stereocenters. The molecule has 3 rings (SSSR count). The molecule has 7 heteroatoms. The Morgan fingerprint density at radius 2 is 1.90 bits per heavy atom. The van der Waals surface area contributed by atoms with Gasteiger partial charge >= 0.3 is 0 Å². The second kappa shape index (κ2) is 5.35. The van der Waals surface area contributed by atoms with E-state index in [1.807, 2.05) is 25.1 Å². The van der Waals surface area contributed by atoms with Crippen LogP contribution in [-0.4, -0.2) is 20.2 Å². The van der Waals surface area contributed by atoms with Gasteiger partial charge in [0.1, 0.15) is 0 Å². The first-order valence-corrected chi connectivity index (χ1v) is 6.92. The molecule has 0 bridgehead atoms. The van der Waals surface area contributed by atoms with Gasteiger partial charge in [0, 0.05) is 16.3 Å². The molecule has 0 aliphatic rings. The monoisotopic (exact) mass is 319 g/mol. The number of aryl methyl sites for hydroxylation is 1. The molecule has 1 aromatic heterocycles. The van der Waals surface area contributed by atoms with Crippen molar-refractivity contribution in [2.24, 2.45) is 0 Å². The molecule has 0 spiro atoms. The lowest BCUT2D eigenvalue weighted by atomic mass is 10.1. The maximum absolute atomic E-state index is 6.22. The van der Waals surface area contributed by atoms with Crippen LogP contribution in [0.4, 0.5) is 5.69 Å². The van der Waals surface area contributed by atoms with Crippen molar-refractivity contribution in [1.29, 1.82) is 0 Å². The van der Waals surface area contributed by atoms with Crippen molar-refractivity contribution < 1.29 is 0 Å². The van der Waals surface area contributed by atoms with Crippen LogP contribution in [-0.2, 0) is 0 Å². The van der Waals surface area contributed by atoms with E-state index in [-0.39, 0.29) is 0 Å². The summed E-state index contributed by atoms with van der Waals surface area (Å²) in [6, 6.07) is 10.8. The van der Waals surface area contributed by atoms with Crippen LogP contribution in [0, 0.1) is 6.92 Å². The van der Waals surface area contributed by atoms with Crippen LogP contribution in [0.25, 0.3) is 17.1 Å². The van der Waals surface area contributed by atoms with E-state index in [0.29, 0.717) is 21.6 Å². The topological polar surface area (TPSA) is 69.6 Å². The smallest absolute Gasteiger partial charge is 0.187 e. The first-order chi connectivity index (χ1) is 10.1. The molecule has 0 saturated heterocycles. The number of hydrogen-bond donors (Lipinski definition) is 1. The maximum atomic E-state index is 6.22. The first kappa shape index (κ1) is 13.9. The SMILES string of the molecule is Cc1cc(-c2nnnn2-c2ccc(Cl)cc2Cl)ccc1N. The minimum atomic E-state index is 0.475. The number of tetrazole rings is 1. The number of nitrogens with zero attached hydrogens (tertiary/aromatic N) is 4. The zero-order valence-corrected chi connectivity index (χ0v) is 12.6. The Morgan fingerprint density at radius 1 is 1.10 bits per heavy atom. The second-order valence-corrected chi connectivity index (χ2v) is 5.43. The standard InChI is InChI=1S/C14H11Cl2N5/c1-8-6-9(2-4-12(8)17)14-18-19-20-21(14)13-5-3-10(15)7-11(13)16/h2-7H,17H2,1H3. The largest absolute Gasteiger partial charge is 0.399 e. The maximum Gasteiger partial charge on any atom is 0.187 e. The predicted octanol–water partition coefficient (Wildman–Crippen LogP) is 3.53. The van der Waals surface area contributed by atoms with Crippen molar-refractivity contribution >= 4 is 28.9 Å². The van der Waals surface area contributed by atoms with Crippen molar-refractivity contribution in [3.05, 3.63) is 52.0 Å². The number of anilines is 1. The van der Waals surface area contributed by atoms with Crippen molar-refractivity contribution in [1.82, 2.24) is 20.2 Å². The summed E-state index contributed by atoms with van der Waals surface area (Å²) in [5.74, 6) is 0.585. The van der Waals surface area contributed by atoms with Gasteiger partial charge in [0.25, 0.3) is 0 Å². The Morgan fingerprint density at radius 3 is 2.62 bits per heavy atom. The molecular weight excluding hydrogens is 309 g/mol. The molecule has 0 amide bonds. The molecule has 5 nitrogen and oxygen atoms in total. The molecule has 0 unspecified atom stereocenters. The lowest BCUT2D eigenvalue weighted by Gasteiger charge is -2.08. The third kappa shape index (κ3) is 2.57. The minimum Gasteiger partial charge on any atom is -0.399 e. The Kier molecular flexibility index (Phi) is 3.53. The second-order valence-electron chi connectivity index (χ2n) is 4.58. The molecule has 2 N–H and O–H groups in total. The van der Waals surface area contributed by atoms with Crippen LogP contribution in [0.2, 0.25) is 10.0 Å². The van der Waals surface area contributed by atoms with E-state index < -0.39 is 0 Å². The number of benzene rings is 2. The van der Waals surface area contributed by atoms with Gasteiger partial charge in [-0.15, -0.1) is 5.10 Å². The van der Waals surface area contributed by atoms with Gasteiger partial charge in [-0.3, -0.25) is 0 Å². The van der Waals surface area contributed by atoms with Crippen LogP contribution in [0.1, 0.15) is 5.56 Å². The van der Waals surface area contributed by atoms with Crippen LogP contribution in [0.3, 0.4) is 0 Å². The van der Waals surface area contributed by atoms with Gasteiger partial charge in [-0.05, 0) is 59.3 Å². The van der Waals surface area contributed by atoms with Gasteiger partial charge in [0.15, 0.2) is 5.82 Å². The third-order valence-corrected chi connectivity index (χ3v) is 3.67. The van der Waals surface area contributed by atoms with Crippen LogP contribution < -0.4 is 5.73 Å². The fourth-order valence-corrected chi connectivity index (χ4v) is 2.49. The van der Waals surface area contributed by atoms with Gasteiger partial charge in [-0.1, -0.05) is 23.2 Å². The van der Waals surface area contributed by atoms with Gasteiger partial charge < -0.3 is 5.73 Å². The Labute approximate surface area is 131 Å². The molecule has 21 heavy (non-hydrogen) atoms. The number of hydrogen-bond acceptors (Lipinski definition) is 4. The van der Waals surface area contributed by atoms with Crippen molar-refractivity contribution in [3.8, 4) is 17.1 Å². The van der Waals surface area contributed by atoms with Gasteiger partial charge in [-0.25, -0.2) is 0 Å². The molecule has 3 aromatic rings. The highest BCUT2D eigenvalue weighted by Crippen LogP contribution is 2.28. The van der Waals surface area contributed by atoms with Crippen LogP contribution in [0.15, 0.2) is 36.4 Å². The molecule has 0 saturated carbocycles. The fraction of sp³-hybridized carbons (Fsp3) is 0.0714. The highest BCUT2D eigenvalue weighted by molar-refractivity contribution is 6.35. The molecule has 0 radical (unpaired) electrons. The molecule has 0 aliphatic heterocycles. The average molecular weight is 320 g/mol. The summed E-state index contributed by atoms with van der Waals surface area (Å²) < 4.78 is 1.57. The van der Waals surface area contributed by atoms with Crippen molar-refractivity contribution in [3.63, 3.8) is 0 Å². The van der Waals surface area contributed by atoms with E-state index in [4.69, 9.17) is 28.9 Å². The Bertz CT molecular complexity index is 813. The van der Waals surface area contributed by atoms with E-state index >= 15 is 0 Å². The number of aromatic nitrogens is 4. The minimum absolute atomic E-state index is 0.475. The van der Waals surface area contributed by atoms with Gasteiger partial charge in [0.2, 0.25) is 0 Å². The predicted molar refractivity (Wildman–Crippen MR) is 83.8 cm³/mol. The number of halogens is 2. The molecule has 0 fully saturated rings. The normalized spacial score (nSPS) is 10.8. The number of rotatable bonds is 2. The molecule has 2 aromatic carbocycles. The molecule has 1 heterocycles. The number of nitrogen functional groups attached to an aromatic ring is 1. The Balaban J connectivity index is 2.14. The average Bonchev–Trinajstić information content (AvgIpc) is 2.91. The van der Waals surface area contributed by atoms with E-state index in [0.717, 1.165) is 16.8 Å². The fourth-order valence-electron chi connectivity index (χ4n) is 2.00. The zero-order chi connectivity index (χ0) is 15.0. The lowest BCUT2D eigenvalue weighted by molar-refractivity contribution is 0.791. The van der Waals surface area contributed by atoms with Gasteiger partial charge in [0.05, 0.1) is 10.7 Å². The van der Waals surface area contributed by atoms with E-state index in [9.17, 15) is 0 Å². The summed E-state index contributed by atoms with van der Waals surface area (Å²) in [6.45, 7) is 1.93. The van der Waals surface area contributed by atoms with Crippen LogP contribution >= 0.6 is 23.2 Å². The third-order valence-electron chi connectivity index (χ3n) is 3.14. The highest BCUT2D eigenvalue weighted by atomic mass is 35.5. The first-order valence-electron chi connectivity index (χ1n) is 6.16. The van der Waals surface area contributed by atoms with Crippen molar-refractivity contribution in [2.75, 3.05) is 5.73 Å². The van der Waals surface area contributed by atoms with Crippen LogP contribution in [0.5, 0.6) is 0 Å². The quantitative estimate of drug-likeness (QED) is 0.733. The Hall–Kier alpha value is -2.11. The molecular formula is C14H11Cl2N5. The molecule has 0 aliphatic carbocycles. The summed E-state index contributed by atoms with van der Waals surface area (Å²) in [6.07, 6.45) is 0. The zero-order valence-electron chi connectivity index (χ0n) is 11.1. The summed E-state index contributed by atoms with van der Waals surface area (Å²) in [4.78, 5) is 0. The highest BCUT2D eigenvalue weighted by Gasteiger charge is 2.14. The van der Waals surface area contributed by atoms with Gasteiger partial charge in [-0.2, -0.15) is 4.68 Å². The summed E-state index contributed by atoms with van der Waals surface area (Å²) in [5, 5.41) is 12.8. The molecule has 106 valence electrons. The van der Waals surface area contributed by atoms with E-state index in [1.54, 1.807) is 22.9 Å². The number of nitrogens with two attached hydrogens (primary N) is 1. The van der Waals surface area contributed by atoms with Crippen molar-refractivity contribution in [2.45, 2.75) is 6.92 Å². The summed E-state index contributed by atoms with van der Waals surface area (Å²) in [5.41, 5.74) is 9.05. The van der Waals surface area contributed by atoms with E-state index in [2.05, 4.69) is 15.5 Å². The summed E-state index contributed by atoms with van der Waals surface area (Å²) >= 11 is 12.1. The van der Waals surface area contributed by atoms with E-state index in [1.165, 1.54) is 0 Å².